The summed E-state index contributed by atoms with van der Waals surface area (Å²) in [4.78, 5) is 18.5. The van der Waals surface area contributed by atoms with Crippen LogP contribution in [0.25, 0.3) is 0 Å². The number of ether oxygens (including phenoxy) is 1. The van der Waals surface area contributed by atoms with Crippen LogP contribution in [0.5, 0.6) is 5.75 Å². The summed E-state index contributed by atoms with van der Waals surface area (Å²) in [5, 5.41) is 1.95. The molecule has 1 aliphatic heterocycles. The Bertz CT molecular complexity index is 1180. The van der Waals surface area contributed by atoms with Crippen LogP contribution in [0.3, 0.4) is 0 Å². The van der Waals surface area contributed by atoms with Crippen LogP contribution in [0.1, 0.15) is 15.9 Å². The van der Waals surface area contributed by atoms with E-state index in [0.29, 0.717) is 18.7 Å². The van der Waals surface area contributed by atoms with Gasteiger partial charge in [-0.15, -0.1) is 11.3 Å². The number of amides is 1. The maximum absolute atomic E-state index is 13.7. The van der Waals surface area contributed by atoms with Crippen LogP contribution in [0.4, 0.5) is 15.2 Å². The largest absolute Gasteiger partial charge is 0.496 e. The first-order valence-electron chi connectivity index (χ1n) is 8.60. The molecule has 0 saturated carbocycles. The lowest BCUT2D eigenvalue weighted by molar-refractivity contribution is 0.0986. The number of halogens is 1. The van der Waals surface area contributed by atoms with Gasteiger partial charge in [0.1, 0.15) is 11.6 Å². The van der Waals surface area contributed by atoms with E-state index in [9.17, 15) is 17.6 Å². The molecule has 0 fully saturated rings. The molecule has 1 amide bonds. The molecule has 0 bridgehead atoms. The number of anilines is 2. The van der Waals surface area contributed by atoms with E-state index >= 15 is 0 Å². The molecule has 0 atom stereocenters. The Morgan fingerprint density at radius 2 is 2.10 bits per heavy atom. The summed E-state index contributed by atoms with van der Waals surface area (Å²) in [6.07, 6.45) is 1.99. The number of hydrogen-bond acceptors (Lipinski definition) is 6. The Hall–Kier alpha value is -2.98. The summed E-state index contributed by atoms with van der Waals surface area (Å²) in [6, 6.07) is 8.32. The van der Waals surface area contributed by atoms with Crippen molar-refractivity contribution in [2.45, 2.75) is 11.3 Å². The van der Waals surface area contributed by atoms with Crippen LogP contribution < -0.4 is 14.4 Å². The number of carbonyl (C=O) groups is 1. The molecule has 29 heavy (non-hydrogen) atoms. The van der Waals surface area contributed by atoms with E-state index in [2.05, 4.69) is 9.71 Å². The van der Waals surface area contributed by atoms with E-state index in [1.807, 2.05) is 0 Å². The smallest absolute Gasteiger partial charge is 0.263 e. The summed E-state index contributed by atoms with van der Waals surface area (Å²) >= 11 is 1.18. The maximum atomic E-state index is 13.7. The highest BCUT2D eigenvalue weighted by atomic mass is 32.2. The molecule has 0 unspecified atom stereocenters. The minimum absolute atomic E-state index is 0.0871. The summed E-state index contributed by atoms with van der Waals surface area (Å²) in [6.45, 7) is 0.358. The molecule has 2 heterocycles. The van der Waals surface area contributed by atoms with Crippen LogP contribution in [0.2, 0.25) is 0 Å². The van der Waals surface area contributed by atoms with Crippen molar-refractivity contribution in [3.63, 3.8) is 0 Å². The van der Waals surface area contributed by atoms with Gasteiger partial charge in [-0.05, 0) is 48.4 Å². The summed E-state index contributed by atoms with van der Waals surface area (Å²) in [5.41, 5.74) is 1.42. The molecule has 1 aromatic heterocycles. The average Bonchev–Trinajstić information content (AvgIpc) is 3.36. The molecule has 4 rings (SSSR count). The fraction of sp³-hybridized carbons (Fsp3) is 0.158. The Labute approximate surface area is 170 Å². The number of fused-ring (bicyclic) bond motifs is 1. The van der Waals surface area contributed by atoms with Crippen molar-refractivity contribution in [2.24, 2.45) is 0 Å². The Morgan fingerprint density at radius 3 is 2.83 bits per heavy atom. The van der Waals surface area contributed by atoms with Gasteiger partial charge in [-0.25, -0.2) is 17.8 Å². The average molecular weight is 433 g/mol. The van der Waals surface area contributed by atoms with Crippen molar-refractivity contribution in [1.82, 2.24) is 4.98 Å². The molecule has 0 aliphatic carbocycles. The van der Waals surface area contributed by atoms with Gasteiger partial charge in [0.15, 0.2) is 5.13 Å². The molecule has 10 heteroatoms. The predicted molar refractivity (Wildman–Crippen MR) is 108 cm³/mol. The normalized spacial score (nSPS) is 13.2. The molecule has 3 aromatic rings. The fourth-order valence-corrected chi connectivity index (χ4v) is 5.04. The number of nitrogens with one attached hydrogen (secondary N) is 1. The monoisotopic (exact) mass is 433 g/mol. The fourth-order valence-electron chi connectivity index (χ4n) is 3.20. The molecule has 0 radical (unpaired) electrons. The third-order valence-corrected chi connectivity index (χ3v) is 6.70. The minimum Gasteiger partial charge on any atom is -0.496 e. The number of sulfonamides is 1. The van der Waals surface area contributed by atoms with E-state index in [4.69, 9.17) is 4.74 Å². The van der Waals surface area contributed by atoms with Crippen LogP contribution in [-0.4, -0.2) is 33.0 Å². The molecular weight excluding hydrogens is 417 g/mol. The second-order valence-electron chi connectivity index (χ2n) is 6.28. The first kappa shape index (κ1) is 19.3. The van der Waals surface area contributed by atoms with Gasteiger partial charge in [0, 0.05) is 23.8 Å². The summed E-state index contributed by atoms with van der Waals surface area (Å²) in [7, 11) is -2.37. The van der Waals surface area contributed by atoms with E-state index < -0.39 is 21.7 Å². The molecular formula is C19H16FN3O4S2. The van der Waals surface area contributed by atoms with E-state index in [1.54, 1.807) is 17.5 Å². The van der Waals surface area contributed by atoms with Gasteiger partial charge in [-0.3, -0.25) is 9.52 Å². The van der Waals surface area contributed by atoms with Crippen molar-refractivity contribution < 1.29 is 22.3 Å². The molecule has 7 nitrogen and oxygen atoms in total. The van der Waals surface area contributed by atoms with Crippen molar-refractivity contribution in [3.05, 3.63) is 64.9 Å². The number of methoxy groups -OCH3 is 1. The van der Waals surface area contributed by atoms with Gasteiger partial charge in [0.05, 0.1) is 17.6 Å². The topological polar surface area (TPSA) is 88.6 Å². The van der Waals surface area contributed by atoms with Crippen molar-refractivity contribution in [3.8, 4) is 5.75 Å². The zero-order chi connectivity index (χ0) is 20.6. The minimum atomic E-state index is -3.79. The molecule has 2 aromatic carbocycles. The Kier molecular flexibility index (Phi) is 4.97. The van der Waals surface area contributed by atoms with E-state index in [0.717, 1.165) is 11.6 Å². The highest BCUT2D eigenvalue weighted by Gasteiger charge is 2.29. The lowest BCUT2D eigenvalue weighted by Crippen LogP contribution is -2.29. The van der Waals surface area contributed by atoms with E-state index in [1.165, 1.54) is 47.7 Å². The van der Waals surface area contributed by atoms with Crippen molar-refractivity contribution in [1.29, 1.82) is 0 Å². The number of carbonyl (C=O) groups excluding carboxylic acids is 1. The number of thiazole rings is 1. The highest BCUT2D eigenvalue weighted by molar-refractivity contribution is 7.93. The SMILES string of the molecule is COc1ccc(F)cc1C(=O)N1CCc2cc(S(=O)(=O)Nc3nccs3)ccc21. The second-order valence-corrected chi connectivity index (χ2v) is 8.86. The Balaban J connectivity index is 1.64. The van der Waals surface area contributed by atoms with Gasteiger partial charge in [-0.1, -0.05) is 0 Å². The van der Waals surface area contributed by atoms with Crippen LogP contribution in [0.15, 0.2) is 52.9 Å². The third-order valence-electron chi connectivity index (χ3n) is 4.55. The van der Waals surface area contributed by atoms with Gasteiger partial charge in [-0.2, -0.15) is 0 Å². The highest BCUT2D eigenvalue weighted by Crippen LogP contribution is 2.33. The molecule has 150 valence electrons. The number of aromatic nitrogens is 1. The van der Waals surface area contributed by atoms with Gasteiger partial charge in [0.25, 0.3) is 15.9 Å². The zero-order valence-corrected chi connectivity index (χ0v) is 16.9. The number of nitrogens with zero attached hydrogens (tertiary/aromatic N) is 2. The quantitative estimate of drug-likeness (QED) is 0.667. The van der Waals surface area contributed by atoms with Crippen LogP contribution in [-0.2, 0) is 16.4 Å². The van der Waals surface area contributed by atoms with Gasteiger partial charge in [0.2, 0.25) is 0 Å². The predicted octanol–water partition coefficient (Wildman–Crippen LogP) is 3.29. The lowest BCUT2D eigenvalue weighted by Gasteiger charge is -2.19. The van der Waals surface area contributed by atoms with Crippen molar-refractivity contribution in [2.75, 3.05) is 23.3 Å². The first-order valence-corrected chi connectivity index (χ1v) is 11.0. The third kappa shape index (κ3) is 3.68. The van der Waals surface area contributed by atoms with Crippen molar-refractivity contribution >= 4 is 38.1 Å². The molecule has 0 spiro atoms. The van der Waals surface area contributed by atoms with Crippen LogP contribution >= 0.6 is 11.3 Å². The summed E-state index contributed by atoms with van der Waals surface area (Å²) < 4.78 is 46.4. The zero-order valence-electron chi connectivity index (χ0n) is 15.3. The number of hydrogen-bond donors (Lipinski definition) is 1. The number of benzene rings is 2. The number of rotatable bonds is 5. The molecule has 0 saturated heterocycles. The second kappa shape index (κ2) is 7.45. The Morgan fingerprint density at radius 1 is 1.28 bits per heavy atom. The summed E-state index contributed by atoms with van der Waals surface area (Å²) in [5.74, 6) is -0.670. The van der Waals surface area contributed by atoms with E-state index in [-0.39, 0.29) is 21.3 Å². The molecule has 1 N–H and O–H groups in total. The van der Waals surface area contributed by atoms with Crippen LogP contribution in [0, 0.1) is 5.82 Å². The first-order chi connectivity index (χ1) is 13.9. The molecule has 1 aliphatic rings. The maximum Gasteiger partial charge on any atom is 0.263 e. The lowest BCUT2D eigenvalue weighted by atomic mass is 10.1. The van der Waals surface area contributed by atoms with Gasteiger partial charge >= 0.3 is 0 Å². The standard InChI is InChI=1S/C19H16FN3O4S2/c1-27-17-5-2-13(20)11-15(17)18(24)23-8-6-12-10-14(3-4-16(12)23)29(25,26)22-19-21-7-9-28-19/h2-5,7,9-11H,6,8H2,1H3,(H,21,22). The van der Waals surface area contributed by atoms with Gasteiger partial charge < -0.3 is 9.64 Å².